The van der Waals surface area contributed by atoms with Gasteiger partial charge in [0.05, 0.1) is 12.8 Å². The third-order valence-corrected chi connectivity index (χ3v) is 5.08. The number of benzene rings is 1. The molecule has 1 fully saturated rings. The first kappa shape index (κ1) is 17.5. The van der Waals surface area contributed by atoms with E-state index < -0.39 is 0 Å². The Morgan fingerprint density at radius 1 is 1.22 bits per heavy atom. The number of aromatic nitrogens is 3. The summed E-state index contributed by atoms with van der Waals surface area (Å²) in [5.74, 6) is 1.41. The molecule has 0 N–H and O–H groups in total. The Labute approximate surface area is 158 Å². The number of ether oxygens (including phenoxy) is 1. The molecule has 1 unspecified atom stereocenters. The highest BCUT2D eigenvalue weighted by molar-refractivity contribution is 5.69. The largest absolute Gasteiger partial charge is 0.450 e. The number of fused-ring (bicyclic) bond motifs is 1. The van der Waals surface area contributed by atoms with E-state index in [0.717, 1.165) is 12.2 Å². The molecule has 1 saturated heterocycles. The lowest BCUT2D eigenvalue weighted by Crippen LogP contribution is -2.49. The quantitative estimate of drug-likeness (QED) is 0.822. The molecular weight excluding hydrogens is 344 g/mol. The Bertz CT molecular complexity index is 821. The number of para-hydroxylation sites is 1. The first-order chi connectivity index (χ1) is 13.2. The van der Waals surface area contributed by atoms with Crippen molar-refractivity contribution in [3.05, 3.63) is 36.0 Å². The molecule has 1 aromatic heterocycles. The number of amides is 1. The number of nitrogens with zero attached hydrogens (tertiary/aromatic N) is 6. The van der Waals surface area contributed by atoms with Crippen LogP contribution in [0.15, 0.2) is 30.5 Å². The molecule has 4 rings (SSSR count). The van der Waals surface area contributed by atoms with Gasteiger partial charge in [-0.3, -0.25) is 0 Å². The van der Waals surface area contributed by atoms with Crippen molar-refractivity contribution >= 4 is 23.5 Å². The SMILES string of the molecule is CCOC(=O)N1CCN(c2nncc(N3c4ccccc4CC3C)n2)CC1. The highest BCUT2D eigenvalue weighted by atomic mass is 16.6. The topological polar surface area (TPSA) is 74.7 Å². The van der Waals surface area contributed by atoms with Crippen LogP contribution in [0.4, 0.5) is 22.2 Å². The summed E-state index contributed by atoms with van der Waals surface area (Å²) in [6, 6.07) is 8.73. The molecule has 2 aliphatic rings. The van der Waals surface area contributed by atoms with Crippen molar-refractivity contribution in [3.8, 4) is 0 Å². The number of hydrogen-bond donors (Lipinski definition) is 0. The van der Waals surface area contributed by atoms with E-state index >= 15 is 0 Å². The molecule has 1 amide bonds. The van der Waals surface area contributed by atoms with Crippen molar-refractivity contribution in [2.75, 3.05) is 42.6 Å². The highest BCUT2D eigenvalue weighted by Gasteiger charge is 2.29. The zero-order valence-corrected chi connectivity index (χ0v) is 15.7. The van der Waals surface area contributed by atoms with Crippen LogP contribution in [0.1, 0.15) is 19.4 Å². The van der Waals surface area contributed by atoms with Gasteiger partial charge in [-0.15, -0.1) is 5.10 Å². The lowest BCUT2D eigenvalue weighted by atomic mass is 10.1. The fourth-order valence-electron chi connectivity index (χ4n) is 3.75. The predicted molar refractivity (Wildman–Crippen MR) is 102 cm³/mol. The van der Waals surface area contributed by atoms with Crippen molar-refractivity contribution in [1.82, 2.24) is 20.1 Å². The van der Waals surface area contributed by atoms with Crippen molar-refractivity contribution < 1.29 is 9.53 Å². The molecule has 142 valence electrons. The third-order valence-electron chi connectivity index (χ3n) is 5.08. The Kier molecular flexibility index (Phi) is 4.79. The van der Waals surface area contributed by atoms with Crippen LogP contribution < -0.4 is 9.80 Å². The maximum absolute atomic E-state index is 11.9. The standard InChI is InChI=1S/C19H24N6O2/c1-3-27-19(26)24-10-8-23(9-11-24)18-21-17(13-20-22-18)25-14(2)12-15-6-4-5-7-16(15)25/h4-7,13-14H,3,8-12H2,1-2H3. The molecule has 2 aromatic rings. The van der Waals surface area contributed by atoms with Crippen molar-refractivity contribution in [2.24, 2.45) is 0 Å². The van der Waals surface area contributed by atoms with Crippen LogP contribution >= 0.6 is 0 Å². The van der Waals surface area contributed by atoms with Gasteiger partial charge in [-0.05, 0) is 31.9 Å². The van der Waals surface area contributed by atoms with E-state index in [2.05, 4.69) is 45.1 Å². The van der Waals surface area contributed by atoms with Gasteiger partial charge in [0.1, 0.15) is 0 Å². The summed E-state index contributed by atoms with van der Waals surface area (Å²) in [5, 5.41) is 8.42. The second kappa shape index (κ2) is 7.38. The van der Waals surface area contributed by atoms with E-state index in [4.69, 9.17) is 9.72 Å². The molecule has 8 nitrogen and oxygen atoms in total. The summed E-state index contributed by atoms with van der Waals surface area (Å²) >= 11 is 0. The molecule has 27 heavy (non-hydrogen) atoms. The summed E-state index contributed by atoms with van der Waals surface area (Å²) in [6.07, 6.45) is 2.46. The minimum absolute atomic E-state index is 0.257. The predicted octanol–water partition coefficient (Wildman–Crippen LogP) is 2.23. The molecule has 0 saturated carbocycles. The summed E-state index contributed by atoms with van der Waals surface area (Å²) in [5.41, 5.74) is 2.51. The summed E-state index contributed by atoms with van der Waals surface area (Å²) in [6.45, 7) is 6.91. The zero-order chi connectivity index (χ0) is 18.8. The molecule has 2 aliphatic heterocycles. The van der Waals surface area contributed by atoms with E-state index in [1.54, 1.807) is 11.1 Å². The smallest absolute Gasteiger partial charge is 0.409 e. The third kappa shape index (κ3) is 3.39. The molecule has 3 heterocycles. The van der Waals surface area contributed by atoms with Crippen molar-refractivity contribution in [2.45, 2.75) is 26.3 Å². The number of carbonyl (C=O) groups is 1. The van der Waals surface area contributed by atoms with Gasteiger partial charge in [0.2, 0.25) is 5.95 Å². The second-order valence-electron chi connectivity index (χ2n) is 6.84. The van der Waals surface area contributed by atoms with Gasteiger partial charge in [0.25, 0.3) is 0 Å². The fraction of sp³-hybridized carbons (Fsp3) is 0.474. The minimum Gasteiger partial charge on any atom is -0.450 e. The Balaban J connectivity index is 1.50. The van der Waals surface area contributed by atoms with Crippen LogP contribution in [0.5, 0.6) is 0 Å². The van der Waals surface area contributed by atoms with Gasteiger partial charge < -0.3 is 19.4 Å². The lowest BCUT2D eigenvalue weighted by molar-refractivity contribution is 0.105. The van der Waals surface area contributed by atoms with Crippen LogP contribution in [-0.2, 0) is 11.2 Å². The normalized spacial score (nSPS) is 19.2. The number of rotatable bonds is 3. The average molecular weight is 368 g/mol. The van der Waals surface area contributed by atoms with Gasteiger partial charge in [-0.2, -0.15) is 10.1 Å². The van der Waals surface area contributed by atoms with Crippen LogP contribution in [-0.4, -0.2) is 65.0 Å². The molecule has 8 heteroatoms. The summed E-state index contributed by atoms with van der Waals surface area (Å²) in [7, 11) is 0. The van der Waals surface area contributed by atoms with Gasteiger partial charge in [0.15, 0.2) is 5.82 Å². The van der Waals surface area contributed by atoms with Crippen LogP contribution in [0.25, 0.3) is 0 Å². The monoisotopic (exact) mass is 368 g/mol. The van der Waals surface area contributed by atoms with E-state index in [1.165, 1.54) is 11.3 Å². The van der Waals surface area contributed by atoms with Crippen molar-refractivity contribution in [3.63, 3.8) is 0 Å². The lowest BCUT2D eigenvalue weighted by Gasteiger charge is -2.34. The van der Waals surface area contributed by atoms with Crippen LogP contribution in [0.2, 0.25) is 0 Å². The number of anilines is 3. The minimum atomic E-state index is -0.257. The second-order valence-corrected chi connectivity index (χ2v) is 6.84. The van der Waals surface area contributed by atoms with Gasteiger partial charge in [-0.1, -0.05) is 18.2 Å². The van der Waals surface area contributed by atoms with Gasteiger partial charge in [-0.25, -0.2) is 4.79 Å². The highest BCUT2D eigenvalue weighted by Crippen LogP contribution is 2.37. The maximum Gasteiger partial charge on any atom is 0.409 e. The first-order valence-corrected chi connectivity index (χ1v) is 9.41. The van der Waals surface area contributed by atoms with E-state index in [0.29, 0.717) is 44.8 Å². The Morgan fingerprint density at radius 3 is 2.78 bits per heavy atom. The first-order valence-electron chi connectivity index (χ1n) is 9.41. The Morgan fingerprint density at radius 2 is 2.00 bits per heavy atom. The molecule has 0 radical (unpaired) electrons. The fourth-order valence-corrected chi connectivity index (χ4v) is 3.75. The van der Waals surface area contributed by atoms with Gasteiger partial charge >= 0.3 is 6.09 Å². The van der Waals surface area contributed by atoms with E-state index in [-0.39, 0.29) is 6.09 Å². The number of piperazine rings is 1. The molecule has 0 bridgehead atoms. The van der Waals surface area contributed by atoms with Gasteiger partial charge in [0, 0.05) is 37.9 Å². The summed E-state index contributed by atoms with van der Waals surface area (Å²) in [4.78, 5) is 22.6. The van der Waals surface area contributed by atoms with E-state index in [9.17, 15) is 4.79 Å². The van der Waals surface area contributed by atoms with E-state index in [1.807, 2.05) is 13.0 Å². The number of hydrogen-bond acceptors (Lipinski definition) is 7. The van der Waals surface area contributed by atoms with Crippen LogP contribution in [0.3, 0.4) is 0 Å². The Hall–Kier alpha value is -2.90. The zero-order valence-electron chi connectivity index (χ0n) is 15.7. The number of carbonyl (C=O) groups excluding carboxylic acids is 1. The summed E-state index contributed by atoms with van der Waals surface area (Å²) < 4.78 is 5.07. The van der Waals surface area contributed by atoms with Crippen LogP contribution in [0, 0.1) is 0 Å². The molecule has 1 aromatic carbocycles. The molecule has 0 spiro atoms. The maximum atomic E-state index is 11.9. The average Bonchev–Trinajstić information content (AvgIpc) is 3.04. The molecular formula is C19H24N6O2. The van der Waals surface area contributed by atoms with Crippen molar-refractivity contribution in [1.29, 1.82) is 0 Å². The molecule has 1 atom stereocenters. The molecule has 0 aliphatic carbocycles.